The molecule has 0 saturated carbocycles. The molecule has 0 bridgehead atoms. The molecule has 0 aromatic carbocycles. The van der Waals surface area contributed by atoms with Crippen molar-refractivity contribution in [1.29, 1.82) is 0 Å². The lowest BCUT2D eigenvalue weighted by Crippen LogP contribution is -2.37. The van der Waals surface area contributed by atoms with Crippen LogP contribution in [0.3, 0.4) is 0 Å². The number of hydrogen-bond acceptors (Lipinski definition) is 3. The predicted octanol–water partition coefficient (Wildman–Crippen LogP) is 1.03. The van der Waals surface area contributed by atoms with Crippen LogP contribution in [0.5, 0.6) is 0 Å². The summed E-state index contributed by atoms with van der Waals surface area (Å²) in [6.45, 7) is 8.72. The fraction of sp³-hybridized carbons (Fsp3) is 1.00. The number of hydrogen-bond donors (Lipinski definition) is 1. The predicted molar refractivity (Wildman–Crippen MR) is 64.0 cm³/mol. The summed E-state index contributed by atoms with van der Waals surface area (Å²) in [6.07, 6.45) is 0.695. The SMILES string of the molecule is CC(O)CC(C)N1CC(C)C(N(C)C)C1. The van der Waals surface area contributed by atoms with Crippen LogP contribution in [0.4, 0.5) is 0 Å². The lowest BCUT2D eigenvalue weighted by Gasteiger charge is -2.26. The first kappa shape index (κ1) is 12.9. The minimum atomic E-state index is -0.186. The van der Waals surface area contributed by atoms with E-state index in [-0.39, 0.29) is 6.10 Å². The van der Waals surface area contributed by atoms with Crippen molar-refractivity contribution >= 4 is 0 Å². The van der Waals surface area contributed by atoms with Crippen LogP contribution >= 0.6 is 0 Å². The zero-order chi connectivity index (χ0) is 11.6. The lowest BCUT2D eigenvalue weighted by molar-refractivity contribution is 0.129. The maximum atomic E-state index is 9.39. The molecule has 1 rings (SSSR count). The monoisotopic (exact) mass is 214 g/mol. The zero-order valence-corrected chi connectivity index (χ0v) is 10.8. The Balaban J connectivity index is 2.46. The van der Waals surface area contributed by atoms with Crippen molar-refractivity contribution in [2.75, 3.05) is 27.2 Å². The van der Waals surface area contributed by atoms with E-state index in [0.717, 1.165) is 25.4 Å². The highest BCUT2D eigenvalue weighted by molar-refractivity contribution is 4.89. The summed E-state index contributed by atoms with van der Waals surface area (Å²) < 4.78 is 0. The summed E-state index contributed by atoms with van der Waals surface area (Å²) >= 11 is 0. The molecule has 1 aliphatic rings. The first-order valence-corrected chi connectivity index (χ1v) is 6.00. The van der Waals surface area contributed by atoms with Gasteiger partial charge in [-0.15, -0.1) is 0 Å². The maximum Gasteiger partial charge on any atom is 0.0526 e. The van der Waals surface area contributed by atoms with Crippen molar-refractivity contribution < 1.29 is 5.11 Å². The standard InChI is InChI=1S/C12H26N2O/c1-9-7-14(8-12(9)13(4)5)10(2)6-11(3)15/h9-12,15H,6-8H2,1-5H3. The van der Waals surface area contributed by atoms with Crippen molar-refractivity contribution in [2.45, 2.75) is 45.4 Å². The normalized spacial score (nSPS) is 32.2. The maximum absolute atomic E-state index is 9.39. The fourth-order valence-electron chi connectivity index (χ4n) is 2.66. The Morgan fingerprint density at radius 3 is 2.33 bits per heavy atom. The topological polar surface area (TPSA) is 26.7 Å². The summed E-state index contributed by atoms with van der Waals surface area (Å²) in [4.78, 5) is 4.82. The van der Waals surface area contributed by atoms with Crippen LogP contribution in [-0.2, 0) is 0 Å². The molecule has 90 valence electrons. The Morgan fingerprint density at radius 1 is 1.33 bits per heavy atom. The van der Waals surface area contributed by atoms with Crippen LogP contribution in [-0.4, -0.2) is 60.3 Å². The highest BCUT2D eigenvalue weighted by Crippen LogP contribution is 2.23. The minimum absolute atomic E-state index is 0.186. The van der Waals surface area contributed by atoms with Gasteiger partial charge < -0.3 is 10.0 Å². The van der Waals surface area contributed by atoms with E-state index in [1.807, 2.05) is 6.92 Å². The van der Waals surface area contributed by atoms with Gasteiger partial charge in [0.15, 0.2) is 0 Å². The van der Waals surface area contributed by atoms with E-state index < -0.39 is 0 Å². The Hall–Kier alpha value is -0.120. The lowest BCUT2D eigenvalue weighted by atomic mass is 10.1. The van der Waals surface area contributed by atoms with Gasteiger partial charge in [-0.3, -0.25) is 4.90 Å². The molecule has 3 nitrogen and oxygen atoms in total. The van der Waals surface area contributed by atoms with Crippen molar-refractivity contribution in [3.05, 3.63) is 0 Å². The minimum Gasteiger partial charge on any atom is -0.393 e. The van der Waals surface area contributed by atoms with Crippen LogP contribution < -0.4 is 0 Å². The second kappa shape index (κ2) is 5.28. The molecule has 0 amide bonds. The number of likely N-dealkylation sites (tertiary alicyclic amines) is 1. The molecule has 0 aliphatic carbocycles. The molecule has 0 aromatic rings. The van der Waals surface area contributed by atoms with Crippen molar-refractivity contribution in [3.8, 4) is 0 Å². The van der Waals surface area contributed by atoms with Crippen molar-refractivity contribution in [1.82, 2.24) is 9.80 Å². The molecular formula is C12H26N2O. The summed E-state index contributed by atoms with van der Waals surface area (Å²) in [5, 5.41) is 9.39. The van der Waals surface area contributed by atoms with E-state index >= 15 is 0 Å². The highest BCUT2D eigenvalue weighted by Gasteiger charge is 2.33. The molecule has 1 N–H and O–H groups in total. The van der Waals surface area contributed by atoms with Crippen LogP contribution in [0.2, 0.25) is 0 Å². The van der Waals surface area contributed by atoms with E-state index in [1.165, 1.54) is 0 Å². The molecule has 1 saturated heterocycles. The Morgan fingerprint density at radius 2 is 1.93 bits per heavy atom. The Kier molecular flexibility index (Phi) is 4.56. The van der Waals surface area contributed by atoms with Crippen molar-refractivity contribution in [2.24, 2.45) is 5.92 Å². The van der Waals surface area contributed by atoms with Crippen LogP contribution in [0.15, 0.2) is 0 Å². The first-order chi connectivity index (χ1) is 6.91. The van der Waals surface area contributed by atoms with E-state index in [4.69, 9.17) is 0 Å². The average Bonchev–Trinajstić information content (AvgIpc) is 2.46. The van der Waals surface area contributed by atoms with E-state index in [9.17, 15) is 5.11 Å². The third kappa shape index (κ3) is 3.44. The van der Waals surface area contributed by atoms with Gasteiger partial charge in [-0.05, 0) is 40.3 Å². The fourth-order valence-corrected chi connectivity index (χ4v) is 2.66. The molecule has 0 spiro atoms. The zero-order valence-electron chi connectivity index (χ0n) is 10.8. The summed E-state index contributed by atoms with van der Waals surface area (Å²) in [6, 6.07) is 1.17. The molecule has 3 heteroatoms. The van der Waals surface area contributed by atoms with E-state index in [2.05, 4.69) is 37.7 Å². The van der Waals surface area contributed by atoms with E-state index in [0.29, 0.717) is 12.1 Å². The largest absolute Gasteiger partial charge is 0.393 e. The van der Waals surface area contributed by atoms with Crippen LogP contribution in [0, 0.1) is 5.92 Å². The smallest absolute Gasteiger partial charge is 0.0526 e. The second-order valence-corrected chi connectivity index (χ2v) is 5.40. The molecule has 0 radical (unpaired) electrons. The highest BCUT2D eigenvalue weighted by atomic mass is 16.3. The van der Waals surface area contributed by atoms with Gasteiger partial charge in [0.1, 0.15) is 0 Å². The van der Waals surface area contributed by atoms with Gasteiger partial charge in [0.25, 0.3) is 0 Å². The molecule has 1 fully saturated rings. The molecule has 1 heterocycles. The van der Waals surface area contributed by atoms with Crippen LogP contribution in [0.1, 0.15) is 27.2 Å². The summed E-state index contributed by atoms with van der Waals surface area (Å²) in [5.74, 6) is 0.733. The van der Waals surface area contributed by atoms with Gasteiger partial charge >= 0.3 is 0 Å². The number of rotatable bonds is 4. The molecule has 1 aliphatic heterocycles. The third-order valence-corrected chi connectivity index (χ3v) is 3.57. The van der Waals surface area contributed by atoms with Gasteiger partial charge in [0.05, 0.1) is 6.10 Å². The quantitative estimate of drug-likeness (QED) is 0.757. The molecular weight excluding hydrogens is 188 g/mol. The number of aliphatic hydroxyl groups is 1. The second-order valence-electron chi connectivity index (χ2n) is 5.40. The van der Waals surface area contributed by atoms with Crippen LogP contribution in [0.25, 0.3) is 0 Å². The summed E-state index contributed by atoms with van der Waals surface area (Å²) in [7, 11) is 4.31. The Bertz CT molecular complexity index is 194. The molecule has 0 aromatic heterocycles. The third-order valence-electron chi connectivity index (χ3n) is 3.57. The molecule has 4 atom stereocenters. The van der Waals surface area contributed by atoms with Gasteiger partial charge in [-0.1, -0.05) is 6.92 Å². The van der Waals surface area contributed by atoms with Gasteiger partial charge in [-0.25, -0.2) is 0 Å². The molecule has 15 heavy (non-hydrogen) atoms. The number of nitrogens with zero attached hydrogens (tertiary/aromatic N) is 2. The number of likely N-dealkylation sites (N-methyl/N-ethyl adjacent to an activating group) is 1. The number of aliphatic hydroxyl groups excluding tert-OH is 1. The van der Waals surface area contributed by atoms with Crippen molar-refractivity contribution in [3.63, 3.8) is 0 Å². The van der Waals surface area contributed by atoms with Gasteiger partial charge in [-0.2, -0.15) is 0 Å². The first-order valence-electron chi connectivity index (χ1n) is 6.00. The Labute approximate surface area is 94.1 Å². The summed E-state index contributed by atoms with van der Waals surface area (Å²) in [5.41, 5.74) is 0. The molecule has 4 unspecified atom stereocenters. The average molecular weight is 214 g/mol. The van der Waals surface area contributed by atoms with E-state index in [1.54, 1.807) is 0 Å². The van der Waals surface area contributed by atoms with Gasteiger partial charge in [0.2, 0.25) is 0 Å². The van der Waals surface area contributed by atoms with Gasteiger partial charge in [0, 0.05) is 25.2 Å².